The summed E-state index contributed by atoms with van der Waals surface area (Å²) in [6, 6.07) is 13.2. The van der Waals surface area contributed by atoms with E-state index in [0.29, 0.717) is 16.5 Å². The van der Waals surface area contributed by atoms with E-state index in [1.165, 1.54) is 0 Å². The Morgan fingerprint density at radius 2 is 1.80 bits per heavy atom. The number of aliphatic hydroxyl groups excluding tert-OH is 1. The maximum absolute atomic E-state index is 9.00. The molecule has 2 rings (SSSR count). The molecule has 0 aliphatic rings. The van der Waals surface area contributed by atoms with Gasteiger partial charge in [-0.2, -0.15) is 0 Å². The monoisotopic (exact) mass is 291 g/mol. The number of hydrogen-bond donors (Lipinski definition) is 2. The third kappa shape index (κ3) is 3.51. The number of hydrogen-bond acceptors (Lipinski definition) is 3. The van der Waals surface area contributed by atoms with E-state index in [-0.39, 0.29) is 12.6 Å². The number of ether oxygens (including phenoxy) is 1. The maximum atomic E-state index is 9.00. The van der Waals surface area contributed by atoms with Crippen molar-refractivity contribution >= 4 is 11.6 Å². The Bertz CT molecular complexity index is 569. The van der Waals surface area contributed by atoms with Crippen molar-refractivity contribution in [3.63, 3.8) is 0 Å². The minimum atomic E-state index is 0.0305. The first-order valence-corrected chi connectivity index (χ1v) is 6.86. The highest BCUT2D eigenvalue weighted by Crippen LogP contribution is 2.29. The molecule has 106 valence electrons. The van der Waals surface area contributed by atoms with Crippen LogP contribution in [-0.4, -0.2) is 12.2 Å². The van der Waals surface area contributed by atoms with Gasteiger partial charge in [-0.1, -0.05) is 29.8 Å². The van der Waals surface area contributed by atoms with Gasteiger partial charge in [-0.05, 0) is 49.4 Å². The molecule has 0 amide bonds. The van der Waals surface area contributed by atoms with Gasteiger partial charge in [-0.15, -0.1) is 0 Å². The van der Waals surface area contributed by atoms with Crippen LogP contribution in [0, 0.1) is 0 Å². The largest absolute Gasteiger partial charge is 0.457 e. The highest BCUT2D eigenvalue weighted by atomic mass is 35.5. The molecule has 0 bridgehead atoms. The summed E-state index contributed by atoms with van der Waals surface area (Å²) in [5.74, 6) is 1.41. The summed E-state index contributed by atoms with van der Waals surface area (Å²) < 4.78 is 5.74. The molecule has 0 radical (unpaired) electrons. The van der Waals surface area contributed by atoms with Gasteiger partial charge in [0.1, 0.15) is 11.5 Å². The standard InChI is InChI=1S/C16H18ClNO2/c1-11(18-2)15-8-7-14(9-16(15)17)20-13-5-3-12(10-19)4-6-13/h3-9,11,18-19H,10H2,1-2H3. The van der Waals surface area contributed by atoms with Gasteiger partial charge in [0.25, 0.3) is 0 Å². The molecule has 20 heavy (non-hydrogen) atoms. The Morgan fingerprint density at radius 3 is 2.35 bits per heavy atom. The zero-order valence-corrected chi connectivity index (χ0v) is 12.3. The summed E-state index contributed by atoms with van der Waals surface area (Å²) in [4.78, 5) is 0. The van der Waals surface area contributed by atoms with Crippen LogP contribution in [0.15, 0.2) is 42.5 Å². The van der Waals surface area contributed by atoms with Crippen LogP contribution in [0.1, 0.15) is 24.1 Å². The first-order valence-electron chi connectivity index (χ1n) is 6.48. The molecule has 3 nitrogen and oxygen atoms in total. The fourth-order valence-electron chi connectivity index (χ4n) is 1.88. The lowest BCUT2D eigenvalue weighted by Crippen LogP contribution is -2.12. The van der Waals surface area contributed by atoms with Gasteiger partial charge in [-0.25, -0.2) is 0 Å². The minimum absolute atomic E-state index is 0.0305. The second-order valence-electron chi connectivity index (χ2n) is 4.60. The number of aliphatic hydroxyl groups is 1. The number of rotatable bonds is 5. The summed E-state index contributed by atoms with van der Waals surface area (Å²) in [7, 11) is 1.90. The van der Waals surface area contributed by atoms with Gasteiger partial charge < -0.3 is 15.2 Å². The van der Waals surface area contributed by atoms with Gasteiger partial charge in [0.2, 0.25) is 0 Å². The third-order valence-corrected chi connectivity index (χ3v) is 3.54. The van der Waals surface area contributed by atoms with Crippen molar-refractivity contribution in [1.82, 2.24) is 5.32 Å². The number of nitrogens with one attached hydrogen (secondary N) is 1. The summed E-state index contributed by atoms with van der Waals surface area (Å²) >= 11 is 6.26. The molecule has 1 atom stereocenters. The normalized spacial score (nSPS) is 12.2. The molecule has 0 saturated carbocycles. The molecule has 0 saturated heterocycles. The van der Waals surface area contributed by atoms with E-state index in [2.05, 4.69) is 12.2 Å². The molecule has 0 aliphatic carbocycles. The van der Waals surface area contributed by atoms with Crippen molar-refractivity contribution in [2.24, 2.45) is 0 Å². The Balaban J connectivity index is 2.15. The lowest BCUT2D eigenvalue weighted by atomic mass is 10.1. The molecule has 2 aromatic rings. The fourth-order valence-corrected chi connectivity index (χ4v) is 2.21. The van der Waals surface area contributed by atoms with Gasteiger partial charge in [0.15, 0.2) is 0 Å². The molecule has 4 heteroatoms. The molecule has 0 heterocycles. The molecule has 0 fully saturated rings. The Hall–Kier alpha value is -1.55. The quantitative estimate of drug-likeness (QED) is 0.878. The molecule has 2 aromatic carbocycles. The topological polar surface area (TPSA) is 41.5 Å². The summed E-state index contributed by atoms with van der Waals surface area (Å²) in [5.41, 5.74) is 1.89. The van der Waals surface area contributed by atoms with E-state index in [0.717, 1.165) is 11.1 Å². The van der Waals surface area contributed by atoms with Crippen LogP contribution < -0.4 is 10.1 Å². The van der Waals surface area contributed by atoms with Crippen molar-refractivity contribution in [2.75, 3.05) is 7.05 Å². The Kier molecular flexibility index (Phi) is 5.01. The van der Waals surface area contributed by atoms with E-state index in [9.17, 15) is 0 Å². The molecule has 0 aromatic heterocycles. The molecule has 0 aliphatic heterocycles. The zero-order chi connectivity index (χ0) is 14.5. The number of benzene rings is 2. The lowest BCUT2D eigenvalue weighted by Gasteiger charge is -2.14. The van der Waals surface area contributed by atoms with E-state index in [1.807, 2.05) is 49.5 Å². The fraction of sp³-hybridized carbons (Fsp3) is 0.250. The highest BCUT2D eigenvalue weighted by Gasteiger charge is 2.09. The first kappa shape index (κ1) is 14.9. The van der Waals surface area contributed by atoms with Crippen LogP contribution >= 0.6 is 11.6 Å². The minimum Gasteiger partial charge on any atom is -0.457 e. The summed E-state index contributed by atoms with van der Waals surface area (Å²) in [5, 5.41) is 12.8. The van der Waals surface area contributed by atoms with Gasteiger partial charge >= 0.3 is 0 Å². The SMILES string of the molecule is CNC(C)c1ccc(Oc2ccc(CO)cc2)cc1Cl. The van der Waals surface area contributed by atoms with Crippen LogP contribution in [-0.2, 0) is 6.61 Å². The van der Waals surface area contributed by atoms with Gasteiger partial charge in [-0.3, -0.25) is 0 Å². The summed E-state index contributed by atoms with van der Waals surface area (Å²) in [6.07, 6.45) is 0. The van der Waals surface area contributed by atoms with Crippen LogP contribution in [0.5, 0.6) is 11.5 Å². The molecule has 1 unspecified atom stereocenters. The van der Waals surface area contributed by atoms with Gasteiger partial charge in [0, 0.05) is 11.1 Å². The Morgan fingerprint density at radius 1 is 1.15 bits per heavy atom. The number of halogens is 1. The average molecular weight is 292 g/mol. The zero-order valence-electron chi connectivity index (χ0n) is 11.6. The molecular formula is C16H18ClNO2. The van der Waals surface area contributed by atoms with E-state index < -0.39 is 0 Å². The molecular weight excluding hydrogens is 274 g/mol. The molecule has 2 N–H and O–H groups in total. The van der Waals surface area contributed by atoms with Crippen LogP contribution in [0.4, 0.5) is 0 Å². The van der Waals surface area contributed by atoms with Crippen molar-refractivity contribution < 1.29 is 9.84 Å². The van der Waals surface area contributed by atoms with E-state index in [4.69, 9.17) is 21.4 Å². The second-order valence-corrected chi connectivity index (χ2v) is 5.01. The van der Waals surface area contributed by atoms with Crippen LogP contribution in [0.25, 0.3) is 0 Å². The summed E-state index contributed by atoms with van der Waals surface area (Å²) in [6.45, 7) is 2.08. The Labute approximate surface area is 124 Å². The third-order valence-electron chi connectivity index (χ3n) is 3.21. The van der Waals surface area contributed by atoms with E-state index in [1.54, 1.807) is 0 Å². The predicted molar refractivity (Wildman–Crippen MR) is 81.4 cm³/mol. The molecule has 0 spiro atoms. The van der Waals surface area contributed by atoms with Crippen molar-refractivity contribution in [3.05, 3.63) is 58.6 Å². The van der Waals surface area contributed by atoms with Crippen LogP contribution in [0.3, 0.4) is 0 Å². The van der Waals surface area contributed by atoms with Crippen molar-refractivity contribution in [3.8, 4) is 11.5 Å². The first-order chi connectivity index (χ1) is 9.63. The maximum Gasteiger partial charge on any atom is 0.128 e. The smallest absolute Gasteiger partial charge is 0.128 e. The predicted octanol–water partition coefficient (Wildman–Crippen LogP) is 3.91. The van der Waals surface area contributed by atoms with E-state index >= 15 is 0 Å². The van der Waals surface area contributed by atoms with Crippen molar-refractivity contribution in [2.45, 2.75) is 19.6 Å². The van der Waals surface area contributed by atoms with Gasteiger partial charge in [0.05, 0.1) is 6.61 Å². The van der Waals surface area contributed by atoms with Crippen LogP contribution in [0.2, 0.25) is 5.02 Å². The second kappa shape index (κ2) is 6.75. The highest BCUT2D eigenvalue weighted by molar-refractivity contribution is 6.31. The average Bonchev–Trinajstić information content (AvgIpc) is 2.47. The lowest BCUT2D eigenvalue weighted by molar-refractivity contribution is 0.281. The van der Waals surface area contributed by atoms with Crippen molar-refractivity contribution in [1.29, 1.82) is 0 Å².